The van der Waals surface area contributed by atoms with Gasteiger partial charge in [0.2, 0.25) is 0 Å². The number of benzene rings is 1. The van der Waals surface area contributed by atoms with E-state index < -0.39 is 0 Å². The molecule has 0 aliphatic carbocycles. The second kappa shape index (κ2) is 4.31. The van der Waals surface area contributed by atoms with Crippen molar-refractivity contribution in [3.05, 3.63) is 30.0 Å². The first-order valence-electron chi connectivity index (χ1n) is 6.57. The van der Waals surface area contributed by atoms with Gasteiger partial charge in [-0.1, -0.05) is 32.9 Å². The van der Waals surface area contributed by atoms with Crippen molar-refractivity contribution in [1.82, 2.24) is 14.8 Å². The fourth-order valence-electron chi connectivity index (χ4n) is 2.25. The molecule has 0 bridgehead atoms. The van der Waals surface area contributed by atoms with Gasteiger partial charge in [0.25, 0.3) is 0 Å². The van der Waals surface area contributed by atoms with E-state index in [4.69, 9.17) is 10.7 Å². The van der Waals surface area contributed by atoms with Gasteiger partial charge in [-0.05, 0) is 12.1 Å². The Hall–Kier alpha value is -1.88. The SMILES string of the molecule is Cn1nc(C(C)(C)C)c(-c2nc3ccccc3s2)c1N. The number of thiazole rings is 1. The lowest BCUT2D eigenvalue weighted by Crippen LogP contribution is -2.13. The summed E-state index contributed by atoms with van der Waals surface area (Å²) in [5.41, 5.74) is 9.13. The van der Waals surface area contributed by atoms with Crippen molar-refractivity contribution >= 4 is 27.4 Å². The van der Waals surface area contributed by atoms with Gasteiger partial charge in [0, 0.05) is 12.5 Å². The molecule has 0 saturated carbocycles. The summed E-state index contributed by atoms with van der Waals surface area (Å²) in [5.74, 6) is 0.675. The summed E-state index contributed by atoms with van der Waals surface area (Å²) in [6, 6.07) is 8.14. The van der Waals surface area contributed by atoms with E-state index in [1.54, 1.807) is 16.0 Å². The van der Waals surface area contributed by atoms with Crippen LogP contribution in [-0.2, 0) is 12.5 Å². The van der Waals surface area contributed by atoms with Crippen LogP contribution < -0.4 is 5.73 Å². The van der Waals surface area contributed by atoms with Crippen LogP contribution in [0.2, 0.25) is 0 Å². The van der Waals surface area contributed by atoms with Crippen LogP contribution in [0.1, 0.15) is 26.5 Å². The van der Waals surface area contributed by atoms with Gasteiger partial charge in [-0.25, -0.2) is 4.98 Å². The summed E-state index contributed by atoms with van der Waals surface area (Å²) in [6.07, 6.45) is 0. The van der Waals surface area contributed by atoms with Crippen molar-refractivity contribution in [2.24, 2.45) is 7.05 Å². The quantitative estimate of drug-likeness (QED) is 0.744. The van der Waals surface area contributed by atoms with E-state index in [1.165, 1.54) is 4.70 Å². The number of nitrogens with zero attached hydrogens (tertiary/aromatic N) is 3. The van der Waals surface area contributed by atoms with E-state index in [2.05, 4.69) is 31.9 Å². The number of fused-ring (bicyclic) bond motifs is 1. The largest absolute Gasteiger partial charge is 0.383 e. The maximum absolute atomic E-state index is 6.22. The molecule has 20 heavy (non-hydrogen) atoms. The molecule has 0 amide bonds. The summed E-state index contributed by atoms with van der Waals surface area (Å²) in [5, 5.41) is 5.53. The molecule has 3 aromatic rings. The van der Waals surface area contributed by atoms with Gasteiger partial charge < -0.3 is 5.73 Å². The van der Waals surface area contributed by atoms with Crippen LogP contribution in [0.4, 0.5) is 5.82 Å². The average Bonchev–Trinajstić information content (AvgIpc) is 2.91. The van der Waals surface area contributed by atoms with E-state index in [-0.39, 0.29) is 5.41 Å². The number of nitrogens with two attached hydrogens (primary N) is 1. The lowest BCUT2D eigenvalue weighted by atomic mass is 9.89. The van der Waals surface area contributed by atoms with Crippen LogP contribution >= 0.6 is 11.3 Å². The molecule has 2 heterocycles. The third kappa shape index (κ3) is 1.98. The fourth-order valence-corrected chi connectivity index (χ4v) is 3.27. The highest BCUT2D eigenvalue weighted by molar-refractivity contribution is 7.21. The maximum atomic E-state index is 6.22. The predicted molar refractivity (Wildman–Crippen MR) is 84.9 cm³/mol. The van der Waals surface area contributed by atoms with E-state index >= 15 is 0 Å². The smallest absolute Gasteiger partial charge is 0.132 e. The number of hydrogen-bond donors (Lipinski definition) is 1. The minimum absolute atomic E-state index is 0.0669. The van der Waals surface area contributed by atoms with Crippen molar-refractivity contribution in [2.75, 3.05) is 5.73 Å². The number of aromatic nitrogens is 3. The number of hydrogen-bond acceptors (Lipinski definition) is 4. The van der Waals surface area contributed by atoms with Gasteiger partial charge in [0.1, 0.15) is 10.8 Å². The molecule has 0 spiro atoms. The Morgan fingerprint density at radius 2 is 1.90 bits per heavy atom. The molecule has 2 aromatic heterocycles. The summed E-state index contributed by atoms with van der Waals surface area (Å²) in [7, 11) is 1.88. The summed E-state index contributed by atoms with van der Waals surface area (Å²) >= 11 is 1.66. The molecule has 3 rings (SSSR count). The van der Waals surface area contributed by atoms with Gasteiger partial charge in [-0.2, -0.15) is 5.10 Å². The van der Waals surface area contributed by atoms with E-state index in [0.29, 0.717) is 5.82 Å². The zero-order valence-electron chi connectivity index (χ0n) is 12.1. The van der Waals surface area contributed by atoms with Gasteiger partial charge in [0.15, 0.2) is 0 Å². The van der Waals surface area contributed by atoms with Crippen LogP contribution in [0.3, 0.4) is 0 Å². The first-order valence-corrected chi connectivity index (χ1v) is 7.38. The molecule has 0 aliphatic heterocycles. The second-order valence-corrected chi connectivity index (χ2v) is 7.00. The molecule has 4 nitrogen and oxygen atoms in total. The molecule has 2 N–H and O–H groups in total. The predicted octanol–water partition coefficient (Wildman–Crippen LogP) is 3.58. The first kappa shape index (κ1) is 13.1. The number of anilines is 1. The highest BCUT2D eigenvalue weighted by atomic mass is 32.1. The molecule has 0 unspecified atom stereocenters. The Morgan fingerprint density at radius 3 is 2.55 bits per heavy atom. The molecule has 0 radical (unpaired) electrons. The third-order valence-corrected chi connectivity index (χ3v) is 4.36. The zero-order chi connectivity index (χ0) is 14.5. The number of para-hydroxylation sites is 1. The Bertz CT molecular complexity index is 744. The topological polar surface area (TPSA) is 56.7 Å². The normalized spacial score (nSPS) is 12.2. The number of rotatable bonds is 1. The fraction of sp³-hybridized carbons (Fsp3) is 0.333. The lowest BCUT2D eigenvalue weighted by Gasteiger charge is -2.16. The third-order valence-electron chi connectivity index (χ3n) is 3.31. The molecule has 104 valence electrons. The van der Waals surface area contributed by atoms with Crippen LogP contribution in [-0.4, -0.2) is 14.8 Å². The monoisotopic (exact) mass is 286 g/mol. The Morgan fingerprint density at radius 1 is 1.20 bits per heavy atom. The van der Waals surface area contributed by atoms with Crippen molar-refractivity contribution in [3.8, 4) is 10.6 Å². The standard InChI is InChI=1S/C15H18N4S/c1-15(2,3)12-11(13(16)19(4)18-12)14-17-9-7-5-6-8-10(9)20-14/h5-8H,16H2,1-4H3. The van der Waals surface area contributed by atoms with Crippen LogP contribution in [0.25, 0.3) is 20.8 Å². The minimum atomic E-state index is -0.0669. The number of nitrogen functional groups attached to an aromatic ring is 1. The second-order valence-electron chi connectivity index (χ2n) is 5.97. The molecule has 1 aromatic carbocycles. The zero-order valence-corrected chi connectivity index (χ0v) is 13.0. The molecule has 0 saturated heterocycles. The molecular weight excluding hydrogens is 268 g/mol. The van der Waals surface area contributed by atoms with Crippen molar-refractivity contribution < 1.29 is 0 Å². The van der Waals surface area contributed by atoms with Crippen LogP contribution in [0.5, 0.6) is 0 Å². The Labute approximate surface area is 122 Å². The van der Waals surface area contributed by atoms with Crippen molar-refractivity contribution in [1.29, 1.82) is 0 Å². The van der Waals surface area contributed by atoms with Crippen molar-refractivity contribution in [2.45, 2.75) is 26.2 Å². The Kier molecular flexibility index (Phi) is 2.83. The summed E-state index contributed by atoms with van der Waals surface area (Å²) < 4.78 is 2.91. The van der Waals surface area contributed by atoms with Crippen molar-refractivity contribution in [3.63, 3.8) is 0 Å². The van der Waals surface area contributed by atoms with Gasteiger partial charge in [-0.3, -0.25) is 4.68 Å². The number of aryl methyl sites for hydroxylation is 1. The highest BCUT2D eigenvalue weighted by Crippen LogP contribution is 2.39. The molecular formula is C15H18N4S. The Balaban J connectivity index is 2.28. The average molecular weight is 286 g/mol. The van der Waals surface area contributed by atoms with Crippen LogP contribution in [0, 0.1) is 0 Å². The van der Waals surface area contributed by atoms with E-state index in [9.17, 15) is 0 Å². The molecule has 0 atom stereocenters. The molecule has 0 fully saturated rings. The van der Waals surface area contributed by atoms with Gasteiger partial charge in [0.05, 0.1) is 21.5 Å². The van der Waals surface area contributed by atoms with E-state index in [0.717, 1.165) is 21.8 Å². The lowest BCUT2D eigenvalue weighted by molar-refractivity contribution is 0.555. The summed E-state index contributed by atoms with van der Waals surface area (Å²) in [4.78, 5) is 4.72. The van der Waals surface area contributed by atoms with Gasteiger partial charge >= 0.3 is 0 Å². The minimum Gasteiger partial charge on any atom is -0.383 e. The van der Waals surface area contributed by atoms with Crippen LogP contribution in [0.15, 0.2) is 24.3 Å². The summed E-state index contributed by atoms with van der Waals surface area (Å²) in [6.45, 7) is 6.43. The molecule has 0 aliphatic rings. The highest BCUT2D eigenvalue weighted by Gasteiger charge is 2.27. The van der Waals surface area contributed by atoms with E-state index in [1.807, 2.05) is 25.2 Å². The molecule has 5 heteroatoms. The first-order chi connectivity index (χ1) is 9.38. The maximum Gasteiger partial charge on any atom is 0.132 e. The van der Waals surface area contributed by atoms with Gasteiger partial charge in [-0.15, -0.1) is 11.3 Å².